The molecule has 1 aliphatic heterocycles. The smallest absolute Gasteiger partial charge is 0.312 e. The largest absolute Gasteiger partial charge is 0.364 e. The van der Waals surface area contributed by atoms with Crippen LogP contribution in [0.4, 0.5) is 14.6 Å². The molecule has 3 aromatic rings. The molecule has 0 amide bonds. The second-order valence-electron chi connectivity index (χ2n) is 5.72. The van der Waals surface area contributed by atoms with E-state index in [9.17, 15) is 8.78 Å². The van der Waals surface area contributed by atoms with Gasteiger partial charge in [0.1, 0.15) is 12.0 Å². The van der Waals surface area contributed by atoms with E-state index in [1.54, 1.807) is 17.0 Å². The highest BCUT2D eigenvalue weighted by Gasteiger charge is 2.22. The van der Waals surface area contributed by atoms with E-state index in [1.807, 2.05) is 0 Å². The van der Waals surface area contributed by atoms with Gasteiger partial charge >= 0.3 is 6.08 Å². The van der Waals surface area contributed by atoms with Crippen LogP contribution in [0.15, 0.2) is 24.5 Å². The van der Waals surface area contributed by atoms with Crippen molar-refractivity contribution in [1.82, 2.24) is 19.5 Å². The number of hydrogen-bond acceptors (Lipinski definition) is 5. The molecule has 9 heteroatoms. The first kappa shape index (κ1) is 16.2. The fourth-order valence-corrected chi connectivity index (χ4v) is 3.08. The van der Waals surface area contributed by atoms with E-state index in [-0.39, 0.29) is 23.6 Å². The molecule has 3 heterocycles. The zero-order valence-corrected chi connectivity index (χ0v) is 13.8. The van der Waals surface area contributed by atoms with Crippen LogP contribution in [0.3, 0.4) is 0 Å². The molecular formula is C16H14ClF2N5O. The van der Waals surface area contributed by atoms with E-state index in [4.69, 9.17) is 16.3 Å². The molecule has 6 nitrogen and oxygen atoms in total. The van der Waals surface area contributed by atoms with E-state index >= 15 is 0 Å². The molecule has 0 bridgehead atoms. The maximum atomic E-state index is 13.9. The third-order valence-electron chi connectivity index (χ3n) is 4.07. The van der Waals surface area contributed by atoms with Gasteiger partial charge < -0.3 is 10.1 Å². The SMILES string of the molecule is Fc1ccc(CNc2nc(F)nc3c2ncn3C2CCCO2)c(Cl)c1. The second-order valence-corrected chi connectivity index (χ2v) is 6.13. The van der Waals surface area contributed by atoms with Gasteiger partial charge in [0, 0.05) is 18.2 Å². The van der Waals surface area contributed by atoms with Crippen molar-refractivity contribution in [2.45, 2.75) is 25.6 Å². The lowest BCUT2D eigenvalue weighted by molar-refractivity contribution is 0.0592. The number of benzene rings is 1. The van der Waals surface area contributed by atoms with Crippen molar-refractivity contribution in [3.63, 3.8) is 0 Å². The predicted molar refractivity (Wildman–Crippen MR) is 88.2 cm³/mol. The van der Waals surface area contributed by atoms with Gasteiger partial charge in [0.15, 0.2) is 17.0 Å². The van der Waals surface area contributed by atoms with Crippen LogP contribution in [0.25, 0.3) is 11.2 Å². The molecule has 130 valence electrons. The molecule has 0 saturated carbocycles. The van der Waals surface area contributed by atoms with Gasteiger partial charge in [0.05, 0.1) is 6.33 Å². The van der Waals surface area contributed by atoms with E-state index in [0.29, 0.717) is 23.3 Å². The molecule has 25 heavy (non-hydrogen) atoms. The monoisotopic (exact) mass is 365 g/mol. The average Bonchev–Trinajstić information content (AvgIpc) is 3.22. The summed E-state index contributed by atoms with van der Waals surface area (Å²) in [6.45, 7) is 0.906. The molecule has 1 fully saturated rings. The summed E-state index contributed by atoms with van der Waals surface area (Å²) in [7, 11) is 0. The molecule has 0 aliphatic carbocycles. The number of imidazole rings is 1. The molecule has 1 aromatic carbocycles. The van der Waals surface area contributed by atoms with Gasteiger partial charge in [-0.05, 0) is 30.5 Å². The molecular weight excluding hydrogens is 352 g/mol. The number of anilines is 1. The lowest BCUT2D eigenvalue weighted by Crippen LogP contribution is -2.09. The summed E-state index contributed by atoms with van der Waals surface area (Å²) in [5.74, 6) is -0.167. The highest BCUT2D eigenvalue weighted by molar-refractivity contribution is 6.31. The maximum absolute atomic E-state index is 13.9. The molecule has 0 spiro atoms. The van der Waals surface area contributed by atoms with E-state index in [0.717, 1.165) is 12.8 Å². The minimum atomic E-state index is -0.861. The summed E-state index contributed by atoms with van der Waals surface area (Å²) in [5, 5.41) is 3.28. The van der Waals surface area contributed by atoms with Crippen molar-refractivity contribution >= 4 is 28.6 Å². The number of hydrogen-bond donors (Lipinski definition) is 1. The van der Waals surface area contributed by atoms with Crippen LogP contribution in [-0.2, 0) is 11.3 Å². The van der Waals surface area contributed by atoms with Crippen molar-refractivity contribution in [3.8, 4) is 0 Å². The third-order valence-corrected chi connectivity index (χ3v) is 4.42. The molecule has 1 N–H and O–H groups in total. The Morgan fingerprint density at radius 2 is 2.20 bits per heavy atom. The van der Waals surface area contributed by atoms with Gasteiger partial charge in [-0.15, -0.1) is 0 Å². The quantitative estimate of drug-likeness (QED) is 0.714. The zero-order chi connectivity index (χ0) is 17.4. The van der Waals surface area contributed by atoms with Crippen LogP contribution in [0.2, 0.25) is 5.02 Å². The average molecular weight is 366 g/mol. The van der Waals surface area contributed by atoms with E-state index in [2.05, 4.69) is 20.3 Å². The Hall–Kier alpha value is -2.32. The van der Waals surface area contributed by atoms with Crippen LogP contribution in [0.5, 0.6) is 0 Å². The summed E-state index contributed by atoms with van der Waals surface area (Å²) in [4.78, 5) is 11.9. The molecule has 0 radical (unpaired) electrons. The van der Waals surface area contributed by atoms with Gasteiger partial charge in [0.25, 0.3) is 0 Å². The Bertz CT molecular complexity index is 926. The van der Waals surface area contributed by atoms with Crippen LogP contribution >= 0.6 is 11.6 Å². The minimum absolute atomic E-state index is 0.196. The number of fused-ring (bicyclic) bond motifs is 1. The highest BCUT2D eigenvalue weighted by atomic mass is 35.5. The molecule has 1 atom stereocenters. The van der Waals surface area contributed by atoms with Gasteiger partial charge in [-0.2, -0.15) is 14.4 Å². The van der Waals surface area contributed by atoms with Crippen molar-refractivity contribution in [3.05, 3.63) is 47.0 Å². The Kier molecular flexibility index (Phi) is 4.22. The summed E-state index contributed by atoms with van der Waals surface area (Å²) in [5.41, 5.74) is 1.47. The summed E-state index contributed by atoms with van der Waals surface area (Å²) >= 11 is 6.01. The lowest BCUT2D eigenvalue weighted by atomic mass is 10.2. The number of aromatic nitrogens is 4. The summed E-state index contributed by atoms with van der Waals surface area (Å²) < 4.78 is 34.3. The predicted octanol–water partition coefficient (Wildman–Crippen LogP) is 3.68. The second kappa shape index (κ2) is 6.53. The topological polar surface area (TPSA) is 64.9 Å². The number of halogens is 3. The van der Waals surface area contributed by atoms with Crippen LogP contribution in [0.1, 0.15) is 24.6 Å². The molecule has 4 rings (SSSR count). The van der Waals surface area contributed by atoms with Crippen molar-refractivity contribution in [2.24, 2.45) is 0 Å². The van der Waals surface area contributed by atoms with Gasteiger partial charge in [0.2, 0.25) is 0 Å². The number of nitrogens with zero attached hydrogens (tertiary/aromatic N) is 4. The van der Waals surface area contributed by atoms with Crippen molar-refractivity contribution in [2.75, 3.05) is 11.9 Å². The van der Waals surface area contributed by atoms with Gasteiger partial charge in [-0.1, -0.05) is 17.7 Å². The molecule has 1 aliphatic rings. The van der Waals surface area contributed by atoms with Crippen LogP contribution in [0, 0.1) is 11.9 Å². The normalized spacial score (nSPS) is 17.3. The fraction of sp³-hybridized carbons (Fsp3) is 0.312. The van der Waals surface area contributed by atoms with Crippen LogP contribution in [-0.4, -0.2) is 26.1 Å². The first-order valence-corrected chi connectivity index (χ1v) is 8.19. The standard InChI is InChI=1S/C16H14ClF2N5O/c17-11-6-10(18)4-3-9(11)7-20-14-13-15(23-16(19)22-14)24(8-21-13)12-2-1-5-25-12/h3-4,6,8,12H,1-2,5,7H2,(H,20,22,23). The minimum Gasteiger partial charge on any atom is -0.364 e. The highest BCUT2D eigenvalue weighted by Crippen LogP contribution is 2.28. The molecule has 1 saturated heterocycles. The maximum Gasteiger partial charge on any atom is 0.312 e. The number of nitrogens with one attached hydrogen (secondary N) is 1. The van der Waals surface area contributed by atoms with Gasteiger partial charge in [-0.3, -0.25) is 4.57 Å². The molecule has 1 unspecified atom stereocenters. The Morgan fingerprint density at radius 3 is 2.96 bits per heavy atom. The van der Waals surface area contributed by atoms with Gasteiger partial charge in [-0.25, -0.2) is 9.37 Å². The third kappa shape index (κ3) is 3.14. The van der Waals surface area contributed by atoms with Crippen molar-refractivity contribution in [1.29, 1.82) is 0 Å². The van der Waals surface area contributed by atoms with Crippen molar-refractivity contribution < 1.29 is 13.5 Å². The van der Waals surface area contributed by atoms with E-state index < -0.39 is 11.9 Å². The summed E-state index contributed by atoms with van der Waals surface area (Å²) in [6, 6.07) is 4.09. The summed E-state index contributed by atoms with van der Waals surface area (Å²) in [6.07, 6.45) is 2.28. The number of rotatable bonds is 4. The molecule has 2 aromatic heterocycles. The first-order chi connectivity index (χ1) is 12.1. The Morgan fingerprint density at radius 1 is 1.32 bits per heavy atom. The van der Waals surface area contributed by atoms with Crippen LogP contribution < -0.4 is 5.32 Å². The fourth-order valence-electron chi connectivity index (χ4n) is 2.85. The van der Waals surface area contributed by atoms with E-state index in [1.165, 1.54) is 12.1 Å². The Labute approximate surface area is 146 Å². The zero-order valence-electron chi connectivity index (χ0n) is 13.0. The Balaban J connectivity index is 1.65. The first-order valence-electron chi connectivity index (χ1n) is 7.81. The lowest BCUT2D eigenvalue weighted by Gasteiger charge is -2.12. The number of ether oxygens (including phenoxy) is 1.